The Morgan fingerprint density at radius 2 is 1.88 bits per heavy atom. The van der Waals surface area contributed by atoms with E-state index >= 15 is 0 Å². The van der Waals surface area contributed by atoms with Gasteiger partial charge in [0.25, 0.3) is 0 Å². The third-order valence-electron chi connectivity index (χ3n) is 2.83. The molecule has 1 aromatic carbocycles. The molecule has 16 heavy (non-hydrogen) atoms. The van der Waals surface area contributed by atoms with Crippen molar-refractivity contribution in [1.29, 1.82) is 0 Å². The van der Waals surface area contributed by atoms with E-state index in [9.17, 15) is 0 Å². The number of hydrogen-bond acceptors (Lipinski definition) is 3. The van der Waals surface area contributed by atoms with Crippen molar-refractivity contribution in [3.63, 3.8) is 0 Å². The average molecular weight is 218 g/mol. The lowest BCUT2D eigenvalue weighted by Crippen LogP contribution is -2.17. The summed E-state index contributed by atoms with van der Waals surface area (Å²) >= 11 is 0. The first-order chi connectivity index (χ1) is 7.90. The summed E-state index contributed by atoms with van der Waals surface area (Å²) < 4.78 is 0. The van der Waals surface area contributed by atoms with E-state index in [-0.39, 0.29) is 6.61 Å². The molecule has 2 rings (SSSR count). The van der Waals surface area contributed by atoms with Crippen LogP contribution in [0.1, 0.15) is 18.4 Å². The van der Waals surface area contributed by atoms with Gasteiger partial charge in [0.15, 0.2) is 0 Å². The van der Waals surface area contributed by atoms with Gasteiger partial charge in [-0.15, -0.1) is 0 Å². The molecular formula is C13H18N2O. The van der Waals surface area contributed by atoms with Gasteiger partial charge in [0, 0.05) is 25.0 Å². The second-order valence-electron chi connectivity index (χ2n) is 4.04. The molecule has 0 spiro atoms. The molecular weight excluding hydrogens is 200 g/mol. The number of aliphatic hydroxyl groups excluding tert-OH is 1. The van der Waals surface area contributed by atoms with Crippen molar-refractivity contribution in [2.45, 2.75) is 12.8 Å². The van der Waals surface area contributed by atoms with Crippen molar-refractivity contribution in [1.82, 2.24) is 0 Å². The van der Waals surface area contributed by atoms with Gasteiger partial charge in [0.2, 0.25) is 0 Å². The summed E-state index contributed by atoms with van der Waals surface area (Å²) in [5, 5.41) is 8.61. The highest BCUT2D eigenvalue weighted by Gasteiger charge is 2.11. The van der Waals surface area contributed by atoms with Crippen LogP contribution in [0.15, 0.2) is 29.3 Å². The van der Waals surface area contributed by atoms with Crippen molar-refractivity contribution < 1.29 is 5.11 Å². The highest BCUT2D eigenvalue weighted by atomic mass is 16.3. The summed E-state index contributed by atoms with van der Waals surface area (Å²) in [6, 6.07) is 8.44. The number of aliphatic hydroxyl groups is 1. The van der Waals surface area contributed by atoms with Gasteiger partial charge in [-0.05, 0) is 30.5 Å². The Labute approximate surface area is 96.4 Å². The molecule has 0 atom stereocenters. The fraction of sp³-hybridized carbons (Fsp3) is 0.462. The molecule has 86 valence electrons. The molecule has 0 aliphatic carbocycles. The third kappa shape index (κ3) is 2.83. The number of anilines is 1. The zero-order valence-corrected chi connectivity index (χ0v) is 9.47. The van der Waals surface area contributed by atoms with Gasteiger partial charge in [0.1, 0.15) is 0 Å². The molecule has 0 amide bonds. The zero-order valence-electron chi connectivity index (χ0n) is 9.47. The van der Waals surface area contributed by atoms with Crippen LogP contribution in [-0.2, 0) is 0 Å². The van der Waals surface area contributed by atoms with E-state index in [1.807, 2.05) is 6.21 Å². The average Bonchev–Trinajstić information content (AvgIpc) is 2.84. The van der Waals surface area contributed by atoms with Crippen molar-refractivity contribution >= 4 is 11.9 Å². The molecule has 1 aromatic rings. The summed E-state index contributed by atoms with van der Waals surface area (Å²) in [6.07, 6.45) is 4.42. The first kappa shape index (κ1) is 11.1. The molecule has 1 fully saturated rings. The molecule has 0 aromatic heterocycles. The van der Waals surface area contributed by atoms with Crippen LogP contribution >= 0.6 is 0 Å². The number of rotatable bonds is 4. The van der Waals surface area contributed by atoms with Crippen LogP contribution in [0, 0.1) is 0 Å². The fourth-order valence-corrected chi connectivity index (χ4v) is 1.97. The predicted molar refractivity (Wildman–Crippen MR) is 67.4 cm³/mol. The quantitative estimate of drug-likeness (QED) is 0.781. The van der Waals surface area contributed by atoms with Crippen LogP contribution in [0.5, 0.6) is 0 Å². The Bertz CT molecular complexity index is 339. The minimum atomic E-state index is 0.113. The normalized spacial score (nSPS) is 16.2. The summed E-state index contributed by atoms with van der Waals surface area (Å²) in [7, 11) is 0. The molecule has 3 nitrogen and oxygen atoms in total. The van der Waals surface area contributed by atoms with Gasteiger partial charge < -0.3 is 10.0 Å². The van der Waals surface area contributed by atoms with Gasteiger partial charge in [-0.3, -0.25) is 4.99 Å². The Hall–Kier alpha value is -1.35. The van der Waals surface area contributed by atoms with E-state index in [1.165, 1.54) is 31.6 Å². The second-order valence-corrected chi connectivity index (χ2v) is 4.04. The molecule has 0 unspecified atom stereocenters. The van der Waals surface area contributed by atoms with Crippen LogP contribution < -0.4 is 4.90 Å². The lowest BCUT2D eigenvalue weighted by atomic mass is 10.2. The smallest absolute Gasteiger partial charge is 0.0626 e. The van der Waals surface area contributed by atoms with Crippen LogP contribution in [0.25, 0.3) is 0 Å². The van der Waals surface area contributed by atoms with Gasteiger partial charge in [0.05, 0.1) is 13.2 Å². The molecule has 0 radical (unpaired) electrons. The lowest BCUT2D eigenvalue weighted by Gasteiger charge is -2.17. The van der Waals surface area contributed by atoms with E-state index in [0.717, 1.165) is 5.56 Å². The topological polar surface area (TPSA) is 35.8 Å². The molecule has 0 bridgehead atoms. The maximum Gasteiger partial charge on any atom is 0.0626 e. The van der Waals surface area contributed by atoms with Gasteiger partial charge in [-0.25, -0.2) is 0 Å². The Morgan fingerprint density at radius 1 is 1.19 bits per heavy atom. The number of nitrogens with zero attached hydrogens (tertiary/aromatic N) is 2. The molecule has 1 N–H and O–H groups in total. The molecule has 1 aliphatic heterocycles. The van der Waals surface area contributed by atoms with Gasteiger partial charge in [-0.2, -0.15) is 0 Å². The van der Waals surface area contributed by atoms with E-state index in [1.54, 1.807) is 0 Å². The number of hydrogen-bond donors (Lipinski definition) is 1. The van der Waals surface area contributed by atoms with Gasteiger partial charge >= 0.3 is 0 Å². The SMILES string of the molecule is OCCN=Cc1ccc(N2CCCC2)cc1. The van der Waals surface area contributed by atoms with Crippen LogP contribution in [0.2, 0.25) is 0 Å². The number of benzene rings is 1. The maximum atomic E-state index is 8.61. The second kappa shape index (κ2) is 5.66. The molecule has 3 heteroatoms. The van der Waals surface area contributed by atoms with Crippen LogP contribution in [-0.4, -0.2) is 37.6 Å². The minimum Gasteiger partial charge on any atom is -0.394 e. The number of aliphatic imine (C=N–C) groups is 1. The Morgan fingerprint density at radius 3 is 2.50 bits per heavy atom. The fourth-order valence-electron chi connectivity index (χ4n) is 1.97. The first-order valence-electron chi connectivity index (χ1n) is 5.86. The summed E-state index contributed by atoms with van der Waals surface area (Å²) in [5.41, 5.74) is 2.40. The minimum absolute atomic E-state index is 0.113. The van der Waals surface area contributed by atoms with Gasteiger partial charge in [-0.1, -0.05) is 12.1 Å². The highest BCUT2D eigenvalue weighted by molar-refractivity contribution is 5.80. The molecule has 1 aliphatic rings. The van der Waals surface area contributed by atoms with E-state index < -0.39 is 0 Å². The van der Waals surface area contributed by atoms with Crippen molar-refractivity contribution in [2.24, 2.45) is 4.99 Å². The Kier molecular flexibility index (Phi) is 3.94. The molecule has 1 saturated heterocycles. The van der Waals surface area contributed by atoms with Crippen molar-refractivity contribution in [2.75, 3.05) is 31.1 Å². The van der Waals surface area contributed by atoms with Crippen LogP contribution in [0.4, 0.5) is 5.69 Å². The Balaban J connectivity index is 1.98. The van der Waals surface area contributed by atoms with E-state index in [4.69, 9.17) is 5.11 Å². The highest BCUT2D eigenvalue weighted by Crippen LogP contribution is 2.19. The third-order valence-corrected chi connectivity index (χ3v) is 2.83. The summed E-state index contributed by atoms with van der Waals surface area (Å²) in [6.45, 7) is 2.95. The predicted octanol–water partition coefficient (Wildman–Crippen LogP) is 1.70. The maximum absolute atomic E-state index is 8.61. The summed E-state index contributed by atoms with van der Waals surface area (Å²) in [4.78, 5) is 6.51. The van der Waals surface area contributed by atoms with Crippen molar-refractivity contribution in [3.05, 3.63) is 29.8 Å². The summed E-state index contributed by atoms with van der Waals surface area (Å²) in [5.74, 6) is 0. The largest absolute Gasteiger partial charge is 0.394 e. The van der Waals surface area contributed by atoms with Crippen molar-refractivity contribution in [3.8, 4) is 0 Å². The first-order valence-corrected chi connectivity index (χ1v) is 5.86. The molecule has 0 saturated carbocycles. The lowest BCUT2D eigenvalue weighted by molar-refractivity contribution is 0.307. The van der Waals surface area contributed by atoms with E-state index in [2.05, 4.69) is 34.2 Å². The zero-order chi connectivity index (χ0) is 11.2. The van der Waals surface area contributed by atoms with E-state index in [0.29, 0.717) is 6.54 Å². The molecule has 1 heterocycles. The van der Waals surface area contributed by atoms with Crippen LogP contribution in [0.3, 0.4) is 0 Å². The standard InChI is InChI=1S/C13H18N2O/c16-10-7-14-11-12-3-5-13(6-4-12)15-8-1-2-9-15/h3-6,11,16H,1-2,7-10H2. The monoisotopic (exact) mass is 218 g/mol.